The topological polar surface area (TPSA) is 369 Å². The third kappa shape index (κ3) is 1000. The van der Waals surface area contributed by atoms with Crippen LogP contribution in [0.15, 0.2) is 0 Å². The van der Waals surface area contributed by atoms with Crippen molar-refractivity contribution in [2.24, 2.45) is 0 Å². The first-order valence-electron chi connectivity index (χ1n) is 0. The van der Waals surface area contributed by atoms with Gasteiger partial charge >= 0.3 is 34.7 Å². The predicted molar refractivity (Wildman–Crippen MR) is 33.3 cm³/mol. The van der Waals surface area contributed by atoms with Crippen molar-refractivity contribution < 1.29 is 153 Å². The molecule has 0 saturated carbocycles. The normalized spacial score (nSPS) is 0. The summed E-state index contributed by atoms with van der Waals surface area (Å²) in [5, 5.41) is 0. The molecule has 0 saturated heterocycles. The van der Waals surface area contributed by atoms with Crippen molar-refractivity contribution in [2.45, 2.75) is 0 Å². The van der Waals surface area contributed by atoms with Crippen molar-refractivity contribution in [1.82, 2.24) is 0 Å². The largest absolute Gasteiger partial charge is 3.00 e. The number of rotatable bonds is 0. The number of hydrogen-bond acceptors (Lipinski definition) is 6. The summed E-state index contributed by atoms with van der Waals surface area (Å²) in [4.78, 5) is 0. The summed E-state index contributed by atoms with van der Waals surface area (Å²) in [5.41, 5.74) is 0. The molecule has 0 spiro atoms. The van der Waals surface area contributed by atoms with Crippen LogP contribution < -0.4 is 0 Å². The quantitative estimate of drug-likeness (QED) is 0.331. The molecule has 12 nitrogen and oxygen atoms in total. The van der Waals surface area contributed by atoms with Gasteiger partial charge in [0.05, 0.1) is 0 Å². The van der Waals surface area contributed by atoms with Crippen molar-refractivity contribution in [2.75, 3.05) is 0 Å². The van der Waals surface area contributed by atoms with Gasteiger partial charge in [0, 0.05) is 52.1 Å². The van der Waals surface area contributed by atoms with E-state index in [0.717, 1.165) is 0 Å². The molecule has 0 fully saturated rings. The van der Waals surface area contributed by atoms with Gasteiger partial charge in [0.2, 0.25) is 0 Å². The van der Waals surface area contributed by atoms with Gasteiger partial charge in [-0.2, -0.15) is 0 Å². The van der Waals surface area contributed by atoms with E-state index >= 15 is 0 Å². The molecule has 2 radical (unpaired) electrons. The Balaban J connectivity index is 0. The second-order valence-corrected chi connectivity index (χ2v) is 0. The molecule has 17 heteroatoms. The van der Waals surface area contributed by atoms with Crippen molar-refractivity contribution in [1.29, 1.82) is 0 Å². The van der Waals surface area contributed by atoms with E-state index in [1.165, 1.54) is 0 Å². The molecule has 0 unspecified atom stereocenters. The Hall–Kier alpha value is 2.18. The van der Waals surface area contributed by atoms with E-state index in [4.69, 9.17) is 0 Å². The van der Waals surface area contributed by atoms with E-state index in [9.17, 15) is 0 Å². The maximum Gasteiger partial charge on any atom is 3.00 e. The maximum atomic E-state index is 0. The van der Waals surface area contributed by atoms with Gasteiger partial charge in [0.15, 0.2) is 0 Å². The summed E-state index contributed by atoms with van der Waals surface area (Å²) >= 11 is 0. The van der Waals surface area contributed by atoms with Crippen LogP contribution in [0.25, 0.3) is 0 Å². The van der Waals surface area contributed by atoms with Crippen LogP contribution in [0, 0.1) is 0 Å². The van der Waals surface area contributed by atoms with Gasteiger partial charge in [0.25, 0.3) is 0 Å². The molecule has 0 aromatic carbocycles. The Bertz CT molecular complexity index is 14.9. The number of hydrogen-bond donors (Lipinski definition) is 0. The second-order valence-electron chi connectivity index (χ2n) is 0. The van der Waals surface area contributed by atoms with Crippen LogP contribution >= 0.6 is 0 Å². The zero-order valence-electron chi connectivity index (χ0n) is 7.72. The van der Waals surface area contributed by atoms with Gasteiger partial charge in [-0.05, 0) is 0 Å². The second kappa shape index (κ2) is 1130. The summed E-state index contributed by atoms with van der Waals surface area (Å²) in [7, 11) is 0. The first-order valence-corrected chi connectivity index (χ1v) is 0. The molecule has 0 aliphatic heterocycles. The van der Waals surface area contributed by atoms with Crippen molar-refractivity contribution in [3.63, 3.8) is 0 Å². The molecule has 0 amide bonds. The molecular weight excluding hydrogens is 452 g/mol. The minimum absolute atomic E-state index is 0. The van der Waals surface area contributed by atoms with Crippen LogP contribution in [0.2, 0.25) is 0 Å². The summed E-state index contributed by atoms with van der Waals surface area (Å²) in [6, 6.07) is 0. The molecule has 0 rings (SSSR count). The predicted octanol–water partition coefficient (Wildman–Crippen LogP) is -6.02. The van der Waals surface area contributed by atoms with Gasteiger partial charge in [0.1, 0.15) is 0 Å². The third-order valence-corrected chi connectivity index (χ3v) is 0. The molecule has 17 heavy (non-hydrogen) atoms. The van der Waals surface area contributed by atoms with Gasteiger partial charge in [-0.1, -0.05) is 0 Å². The fourth-order valence-electron chi connectivity index (χ4n) is 0. The Morgan fingerprint density at radius 3 is 0.235 bits per heavy atom. The van der Waals surface area contributed by atoms with Crippen LogP contribution in [0.5, 0.6) is 0 Å². The molecule has 0 bridgehead atoms. The van der Waals surface area contributed by atoms with Crippen LogP contribution in [0.4, 0.5) is 0 Å². The fraction of sp³-hybridized carbons (Fsp3) is 0. The summed E-state index contributed by atoms with van der Waals surface area (Å²) in [6.45, 7) is 0. The Labute approximate surface area is 152 Å². The summed E-state index contributed by atoms with van der Waals surface area (Å²) < 4.78 is 0. The average molecular weight is 470 g/mol. The van der Waals surface area contributed by atoms with E-state index in [2.05, 4.69) is 0 Å². The van der Waals surface area contributed by atoms with Gasteiger partial charge in [-0.15, -0.1) is 0 Å². The van der Waals surface area contributed by atoms with Gasteiger partial charge in [-0.3, -0.25) is 0 Å². The standard InChI is InChI=1S/5Cr.12H2O/h;;;;;12*1H2/q;;;2*+3;;;;;;;;;;;;/p-6. The van der Waals surface area contributed by atoms with Crippen LogP contribution in [0.3, 0.4) is 0 Å². The molecule has 0 atom stereocenters. The van der Waals surface area contributed by atoms with Crippen LogP contribution in [-0.2, 0) is 86.8 Å². The molecule has 0 heterocycles. The SMILES string of the molecule is O.O.O.O.O.O.[Cr+3].[Cr+3].[Cr].[Cr].[Cr].[OH-].[OH-].[OH-].[OH-].[OH-].[OH-]. The molecule has 0 aromatic rings. The van der Waals surface area contributed by atoms with E-state index in [-0.39, 0.29) is 153 Å². The molecule has 0 aliphatic rings. The van der Waals surface area contributed by atoms with E-state index < -0.39 is 0 Å². The van der Waals surface area contributed by atoms with Crippen LogP contribution in [0.1, 0.15) is 0 Å². The molecule has 120 valence electrons. The Kier molecular flexibility index (Phi) is 88300. The summed E-state index contributed by atoms with van der Waals surface area (Å²) in [6.07, 6.45) is 0. The first kappa shape index (κ1) is 1330. The maximum absolute atomic E-state index is 0. The third-order valence-electron chi connectivity index (χ3n) is 0. The zero-order chi connectivity index (χ0) is 0. The Morgan fingerprint density at radius 1 is 0.235 bits per heavy atom. The monoisotopic (exact) mass is 470 g/mol. The molecule has 18 N–H and O–H groups in total. The first-order chi connectivity index (χ1) is 0. The van der Waals surface area contributed by atoms with Gasteiger partial charge < -0.3 is 65.7 Å². The van der Waals surface area contributed by atoms with Crippen molar-refractivity contribution >= 4 is 0 Å². The van der Waals surface area contributed by atoms with E-state index in [1.807, 2.05) is 0 Å². The summed E-state index contributed by atoms with van der Waals surface area (Å²) in [5.74, 6) is 0. The molecule has 0 aromatic heterocycles. The molecule has 0 aliphatic carbocycles. The molecular formula is H18Cr5O12. The smallest absolute Gasteiger partial charge is 0.870 e. The van der Waals surface area contributed by atoms with E-state index in [0.29, 0.717) is 0 Å². The average Bonchev–Trinajstić information content (AvgIpc) is 0. The van der Waals surface area contributed by atoms with Gasteiger partial charge in [-0.25, -0.2) is 0 Å². The van der Waals surface area contributed by atoms with Crippen LogP contribution in [-0.4, -0.2) is 65.7 Å². The minimum atomic E-state index is 0. The fourth-order valence-corrected chi connectivity index (χ4v) is 0. The zero-order valence-corrected chi connectivity index (χ0v) is 14.1. The Morgan fingerprint density at radius 2 is 0.235 bits per heavy atom. The van der Waals surface area contributed by atoms with Crippen molar-refractivity contribution in [3.8, 4) is 0 Å². The minimum Gasteiger partial charge on any atom is -0.870 e. The van der Waals surface area contributed by atoms with E-state index in [1.54, 1.807) is 0 Å². The van der Waals surface area contributed by atoms with Crippen molar-refractivity contribution in [3.05, 3.63) is 0 Å².